The Morgan fingerprint density at radius 3 is 2.90 bits per heavy atom. The van der Waals surface area contributed by atoms with Crippen molar-refractivity contribution in [3.05, 3.63) is 28.7 Å². The van der Waals surface area contributed by atoms with E-state index < -0.39 is 0 Å². The summed E-state index contributed by atoms with van der Waals surface area (Å²) in [5.41, 5.74) is 1.79. The van der Waals surface area contributed by atoms with Crippen LogP contribution in [0.5, 0.6) is 0 Å². The largest absolute Gasteiger partial charge is 0.465 e. The third-order valence-electron chi connectivity index (χ3n) is 3.44. The number of esters is 1. The number of nitrogens with one attached hydrogen (secondary N) is 2. The second-order valence-electron chi connectivity index (χ2n) is 4.88. The Morgan fingerprint density at radius 1 is 1.43 bits per heavy atom. The average Bonchev–Trinajstić information content (AvgIpc) is 2.66. The summed E-state index contributed by atoms with van der Waals surface area (Å²) in [4.78, 5) is 13.4. The minimum Gasteiger partial charge on any atom is -0.465 e. The molecule has 0 radical (unpaired) electrons. The number of carbonyl (C=O) groups excluding carboxylic acids is 1. The standard InChI is InChI=1S/C15H20N2O2S2/c1-3-9-16-15(20)17-13-12(14(18)19-2)10-7-5-4-6-8-11(10)21-13/h3H,1,4-9H2,2H3,(H2,16,17,20). The van der Waals surface area contributed by atoms with Crippen LogP contribution in [0.1, 0.15) is 40.1 Å². The molecule has 1 heterocycles. The monoisotopic (exact) mass is 324 g/mol. The molecule has 21 heavy (non-hydrogen) atoms. The van der Waals surface area contributed by atoms with Crippen LogP contribution in [0.4, 0.5) is 5.00 Å². The summed E-state index contributed by atoms with van der Waals surface area (Å²) in [5.74, 6) is -0.288. The minimum absolute atomic E-state index is 0.288. The number of thiophene rings is 1. The molecule has 1 aliphatic carbocycles. The quantitative estimate of drug-likeness (QED) is 0.385. The van der Waals surface area contributed by atoms with Gasteiger partial charge in [-0.05, 0) is 43.5 Å². The normalized spacial score (nSPS) is 13.8. The molecular weight excluding hydrogens is 304 g/mol. The van der Waals surface area contributed by atoms with Gasteiger partial charge in [0.1, 0.15) is 5.00 Å². The van der Waals surface area contributed by atoms with Gasteiger partial charge in [-0.3, -0.25) is 0 Å². The molecular formula is C15H20N2O2S2. The summed E-state index contributed by atoms with van der Waals surface area (Å²) in [6, 6.07) is 0. The Morgan fingerprint density at radius 2 is 2.19 bits per heavy atom. The third-order valence-corrected chi connectivity index (χ3v) is 4.90. The van der Waals surface area contributed by atoms with Gasteiger partial charge in [0.25, 0.3) is 0 Å². The van der Waals surface area contributed by atoms with E-state index in [-0.39, 0.29) is 5.97 Å². The first-order valence-corrected chi connectivity index (χ1v) is 8.28. The zero-order valence-corrected chi connectivity index (χ0v) is 13.8. The van der Waals surface area contributed by atoms with Gasteiger partial charge in [-0.25, -0.2) is 4.79 Å². The molecule has 2 rings (SSSR count). The van der Waals surface area contributed by atoms with Crippen molar-refractivity contribution in [2.45, 2.75) is 32.1 Å². The van der Waals surface area contributed by atoms with Gasteiger partial charge in [0.05, 0.1) is 12.7 Å². The SMILES string of the molecule is C=CCNC(=S)Nc1sc2c(c1C(=O)OC)CCCCC2. The maximum Gasteiger partial charge on any atom is 0.341 e. The maximum atomic E-state index is 12.1. The summed E-state index contributed by atoms with van der Waals surface area (Å²) >= 11 is 6.85. The van der Waals surface area contributed by atoms with E-state index in [0.717, 1.165) is 29.8 Å². The van der Waals surface area contributed by atoms with Crippen LogP contribution < -0.4 is 10.6 Å². The van der Waals surface area contributed by atoms with Crippen LogP contribution >= 0.6 is 23.6 Å². The van der Waals surface area contributed by atoms with Gasteiger partial charge in [0, 0.05) is 11.4 Å². The van der Waals surface area contributed by atoms with Gasteiger partial charge in [0.15, 0.2) is 5.11 Å². The van der Waals surface area contributed by atoms with E-state index in [1.54, 1.807) is 17.4 Å². The smallest absolute Gasteiger partial charge is 0.341 e. The van der Waals surface area contributed by atoms with Crippen LogP contribution in [-0.2, 0) is 17.6 Å². The van der Waals surface area contributed by atoms with Crippen LogP contribution in [0.2, 0.25) is 0 Å². The Bertz CT molecular complexity index is 552. The average molecular weight is 324 g/mol. The molecule has 1 aliphatic rings. The van der Waals surface area contributed by atoms with Crippen LogP contribution in [0, 0.1) is 0 Å². The lowest BCUT2D eigenvalue weighted by molar-refractivity contribution is 0.0601. The highest BCUT2D eigenvalue weighted by Gasteiger charge is 2.25. The number of aryl methyl sites for hydroxylation is 1. The molecule has 0 spiro atoms. The van der Waals surface area contributed by atoms with Crippen molar-refractivity contribution in [2.75, 3.05) is 19.0 Å². The van der Waals surface area contributed by atoms with Crippen molar-refractivity contribution in [1.82, 2.24) is 5.32 Å². The van der Waals surface area contributed by atoms with E-state index in [9.17, 15) is 4.79 Å². The number of thiocarbonyl (C=S) groups is 1. The predicted octanol–water partition coefficient (Wildman–Crippen LogP) is 3.28. The highest BCUT2D eigenvalue weighted by atomic mass is 32.1. The second kappa shape index (κ2) is 7.56. The highest BCUT2D eigenvalue weighted by molar-refractivity contribution is 7.80. The summed E-state index contributed by atoms with van der Waals surface area (Å²) in [5, 5.41) is 7.43. The van der Waals surface area contributed by atoms with Gasteiger partial charge in [-0.1, -0.05) is 12.5 Å². The molecule has 0 bridgehead atoms. The van der Waals surface area contributed by atoms with Crippen LogP contribution in [0.15, 0.2) is 12.7 Å². The van der Waals surface area contributed by atoms with Crippen LogP contribution in [0.25, 0.3) is 0 Å². The Hall–Kier alpha value is -1.40. The molecule has 0 saturated heterocycles. The number of hydrogen-bond donors (Lipinski definition) is 2. The fourth-order valence-electron chi connectivity index (χ4n) is 2.46. The number of anilines is 1. The van der Waals surface area contributed by atoms with E-state index in [2.05, 4.69) is 17.2 Å². The predicted molar refractivity (Wildman–Crippen MR) is 91.3 cm³/mol. The lowest BCUT2D eigenvalue weighted by Crippen LogP contribution is -2.28. The lowest BCUT2D eigenvalue weighted by Gasteiger charge is -2.09. The van der Waals surface area contributed by atoms with Gasteiger partial charge in [-0.2, -0.15) is 0 Å². The van der Waals surface area contributed by atoms with E-state index in [0.29, 0.717) is 17.2 Å². The molecule has 4 nitrogen and oxygen atoms in total. The Balaban J connectivity index is 2.29. The second-order valence-corrected chi connectivity index (χ2v) is 6.40. The van der Waals surface area contributed by atoms with Crippen molar-refractivity contribution >= 4 is 39.6 Å². The molecule has 0 amide bonds. The van der Waals surface area contributed by atoms with Crippen molar-refractivity contribution in [1.29, 1.82) is 0 Å². The fraction of sp³-hybridized carbons (Fsp3) is 0.467. The van der Waals surface area contributed by atoms with Gasteiger partial charge in [0.2, 0.25) is 0 Å². The Labute approximate surface area is 134 Å². The van der Waals surface area contributed by atoms with Gasteiger partial charge < -0.3 is 15.4 Å². The molecule has 1 aromatic rings. The molecule has 6 heteroatoms. The van der Waals surface area contributed by atoms with Crippen molar-refractivity contribution < 1.29 is 9.53 Å². The summed E-state index contributed by atoms with van der Waals surface area (Å²) < 4.78 is 4.95. The van der Waals surface area contributed by atoms with E-state index in [1.807, 2.05) is 0 Å². The molecule has 0 atom stereocenters. The number of rotatable bonds is 4. The number of methoxy groups -OCH3 is 1. The first-order chi connectivity index (χ1) is 10.2. The van der Waals surface area contributed by atoms with Crippen LogP contribution in [-0.4, -0.2) is 24.7 Å². The first-order valence-electron chi connectivity index (χ1n) is 7.06. The molecule has 0 fully saturated rings. The molecule has 0 unspecified atom stereocenters. The zero-order valence-electron chi connectivity index (χ0n) is 12.2. The Kier molecular flexibility index (Phi) is 5.76. The molecule has 114 valence electrons. The fourth-order valence-corrected chi connectivity index (χ4v) is 3.99. The summed E-state index contributed by atoms with van der Waals surface area (Å²) in [7, 11) is 1.42. The van der Waals surface area contributed by atoms with Gasteiger partial charge in [-0.15, -0.1) is 17.9 Å². The molecule has 2 N–H and O–H groups in total. The number of hydrogen-bond acceptors (Lipinski definition) is 4. The van der Waals surface area contributed by atoms with E-state index in [1.165, 1.54) is 24.8 Å². The maximum absolute atomic E-state index is 12.1. The molecule has 0 aromatic carbocycles. The zero-order chi connectivity index (χ0) is 15.2. The minimum atomic E-state index is -0.288. The number of carbonyl (C=O) groups is 1. The molecule has 0 saturated carbocycles. The van der Waals surface area contributed by atoms with E-state index >= 15 is 0 Å². The van der Waals surface area contributed by atoms with Crippen molar-refractivity contribution in [3.8, 4) is 0 Å². The van der Waals surface area contributed by atoms with Gasteiger partial charge >= 0.3 is 5.97 Å². The first kappa shape index (κ1) is 16.0. The van der Waals surface area contributed by atoms with E-state index in [4.69, 9.17) is 17.0 Å². The highest BCUT2D eigenvalue weighted by Crippen LogP contribution is 2.37. The lowest BCUT2D eigenvalue weighted by atomic mass is 10.1. The van der Waals surface area contributed by atoms with Crippen LogP contribution in [0.3, 0.4) is 0 Å². The van der Waals surface area contributed by atoms with Crippen molar-refractivity contribution in [2.24, 2.45) is 0 Å². The topological polar surface area (TPSA) is 50.4 Å². The molecule has 1 aromatic heterocycles. The summed E-state index contributed by atoms with van der Waals surface area (Å²) in [6.07, 6.45) is 7.20. The summed E-state index contributed by atoms with van der Waals surface area (Å²) in [6.45, 7) is 4.23. The third kappa shape index (κ3) is 3.83. The number of fused-ring (bicyclic) bond motifs is 1. The molecule has 0 aliphatic heterocycles. The van der Waals surface area contributed by atoms with Crippen molar-refractivity contribution in [3.63, 3.8) is 0 Å². The number of ether oxygens (including phenoxy) is 1.